The van der Waals surface area contributed by atoms with E-state index in [1.807, 2.05) is 5.38 Å². The Morgan fingerprint density at radius 2 is 2.26 bits per heavy atom. The van der Waals surface area contributed by atoms with Crippen LogP contribution < -0.4 is 10.6 Å². The van der Waals surface area contributed by atoms with Crippen molar-refractivity contribution in [3.63, 3.8) is 0 Å². The van der Waals surface area contributed by atoms with E-state index in [0.717, 1.165) is 24.8 Å². The molecule has 1 aromatic rings. The Kier molecular flexibility index (Phi) is 3.23. The standard InChI is InChI=1S/C16H19N3O3S/c1-9-2-3-10-11(7-23-12(10)6-9)13(20)19-5-4-16(8-19)14(21)17-15(22)18-16/h7,9H,2-6,8H2,1H3,(H2,17,18,21,22)/t9-,16+/m1/s1. The Labute approximate surface area is 138 Å². The third kappa shape index (κ3) is 2.25. The number of carbonyl (C=O) groups is 3. The Morgan fingerprint density at radius 3 is 3.00 bits per heavy atom. The number of rotatable bonds is 1. The molecule has 3 heterocycles. The lowest BCUT2D eigenvalue weighted by atomic mass is 9.88. The van der Waals surface area contributed by atoms with Gasteiger partial charge in [0.1, 0.15) is 5.54 Å². The van der Waals surface area contributed by atoms with Crippen molar-refractivity contribution in [2.75, 3.05) is 13.1 Å². The topological polar surface area (TPSA) is 78.5 Å². The SMILES string of the molecule is C[C@@H]1CCc2c(C(=O)N3CC[C@@]4(C3)NC(=O)NC4=O)csc2C1. The van der Waals surface area contributed by atoms with Crippen molar-refractivity contribution in [2.45, 2.75) is 38.1 Å². The van der Waals surface area contributed by atoms with Crippen LogP contribution in [-0.2, 0) is 17.6 Å². The summed E-state index contributed by atoms with van der Waals surface area (Å²) in [6, 6.07) is -0.466. The molecule has 122 valence electrons. The van der Waals surface area contributed by atoms with Gasteiger partial charge in [0.2, 0.25) is 0 Å². The minimum atomic E-state index is -0.933. The number of carbonyl (C=O) groups excluding carboxylic acids is 3. The zero-order chi connectivity index (χ0) is 16.2. The van der Waals surface area contributed by atoms with E-state index in [1.54, 1.807) is 16.2 Å². The molecule has 2 atom stereocenters. The highest BCUT2D eigenvalue weighted by Crippen LogP contribution is 2.34. The van der Waals surface area contributed by atoms with Crippen LogP contribution in [0.4, 0.5) is 4.79 Å². The van der Waals surface area contributed by atoms with Gasteiger partial charge in [-0.2, -0.15) is 0 Å². The minimum Gasteiger partial charge on any atom is -0.336 e. The molecule has 3 aliphatic rings. The summed E-state index contributed by atoms with van der Waals surface area (Å²) in [5.74, 6) is 0.346. The second-order valence-corrected chi connectivity index (χ2v) is 7.83. The van der Waals surface area contributed by atoms with E-state index < -0.39 is 11.6 Å². The molecule has 4 rings (SSSR count). The molecule has 2 saturated heterocycles. The van der Waals surface area contributed by atoms with E-state index in [2.05, 4.69) is 17.6 Å². The molecule has 6 nitrogen and oxygen atoms in total. The van der Waals surface area contributed by atoms with Crippen molar-refractivity contribution < 1.29 is 14.4 Å². The van der Waals surface area contributed by atoms with Gasteiger partial charge in [0, 0.05) is 16.8 Å². The average molecular weight is 333 g/mol. The summed E-state index contributed by atoms with van der Waals surface area (Å²) in [4.78, 5) is 39.3. The first-order valence-electron chi connectivity index (χ1n) is 8.00. The molecule has 1 aromatic heterocycles. The van der Waals surface area contributed by atoms with E-state index in [9.17, 15) is 14.4 Å². The number of imide groups is 1. The summed E-state index contributed by atoms with van der Waals surface area (Å²) >= 11 is 1.67. The highest BCUT2D eigenvalue weighted by Gasteiger charge is 2.51. The molecule has 0 bridgehead atoms. The maximum Gasteiger partial charge on any atom is 0.322 e. The van der Waals surface area contributed by atoms with E-state index in [-0.39, 0.29) is 18.4 Å². The van der Waals surface area contributed by atoms with Crippen LogP contribution in [0.15, 0.2) is 5.38 Å². The van der Waals surface area contributed by atoms with Crippen LogP contribution in [0.1, 0.15) is 40.6 Å². The number of hydrogen-bond donors (Lipinski definition) is 2. The summed E-state index contributed by atoms with van der Waals surface area (Å²) < 4.78 is 0. The molecule has 0 unspecified atom stereocenters. The number of nitrogens with zero attached hydrogens (tertiary/aromatic N) is 1. The summed E-state index contributed by atoms with van der Waals surface area (Å²) in [6.45, 7) is 2.99. The lowest BCUT2D eigenvalue weighted by Crippen LogP contribution is -2.49. The van der Waals surface area contributed by atoms with Gasteiger partial charge in [0.05, 0.1) is 12.1 Å². The molecule has 2 N–H and O–H groups in total. The van der Waals surface area contributed by atoms with Crippen LogP contribution in [-0.4, -0.2) is 41.4 Å². The van der Waals surface area contributed by atoms with Gasteiger partial charge in [-0.05, 0) is 37.2 Å². The van der Waals surface area contributed by atoms with Gasteiger partial charge in [0.25, 0.3) is 11.8 Å². The number of hydrogen-bond acceptors (Lipinski definition) is 4. The molecular weight excluding hydrogens is 314 g/mol. The molecule has 1 aliphatic carbocycles. The van der Waals surface area contributed by atoms with Crippen LogP contribution >= 0.6 is 11.3 Å². The molecule has 0 radical (unpaired) electrons. The smallest absolute Gasteiger partial charge is 0.322 e. The minimum absolute atomic E-state index is 0.0112. The van der Waals surface area contributed by atoms with Gasteiger partial charge in [-0.1, -0.05) is 6.92 Å². The summed E-state index contributed by atoms with van der Waals surface area (Å²) in [7, 11) is 0. The van der Waals surface area contributed by atoms with Crippen LogP contribution in [0.5, 0.6) is 0 Å². The molecule has 7 heteroatoms. The average Bonchev–Trinajstić information content (AvgIpc) is 3.17. The summed E-state index contributed by atoms with van der Waals surface area (Å²) in [5.41, 5.74) is 1.05. The van der Waals surface area contributed by atoms with Gasteiger partial charge in [-0.3, -0.25) is 14.9 Å². The third-order valence-corrected chi connectivity index (χ3v) is 6.25. The van der Waals surface area contributed by atoms with E-state index in [4.69, 9.17) is 0 Å². The third-order valence-electron chi connectivity index (χ3n) is 5.20. The first-order valence-corrected chi connectivity index (χ1v) is 8.88. The Bertz CT molecular complexity index is 713. The Balaban J connectivity index is 1.55. The summed E-state index contributed by atoms with van der Waals surface area (Å²) in [5, 5.41) is 6.92. The first-order chi connectivity index (χ1) is 11.0. The van der Waals surface area contributed by atoms with E-state index in [0.29, 0.717) is 18.9 Å². The Hall–Kier alpha value is -1.89. The largest absolute Gasteiger partial charge is 0.336 e. The van der Waals surface area contributed by atoms with Gasteiger partial charge < -0.3 is 10.2 Å². The van der Waals surface area contributed by atoms with Crippen LogP contribution in [0.3, 0.4) is 0 Å². The van der Waals surface area contributed by atoms with Crippen LogP contribution in [0, 0.1) is 5.92 Å². The predicted octanol–water partition coefficient (Wildman–Crippen LogP) is 1.30. The molecule has 0 aromatic carbocycles. The number of fused-ring (bicyclic) bond motifs is 1. The second-order valence-electron chi connectivity index (χ2n) is 6.87. The van der Waals surface area contributed by atoms with Crippen molar-refractivity contribution in [1.82, 2.24) is 15.5 Å². The number of urea groups is 1. The van der Waals surface area contributed by atoms with Crippen molar-refractivity contribution in [2.24, 2.45) is 5.92 Å². The quantitative estimate of drug-likeness (QED) is 0.760. The maximum atomic E-state index is 12.9. The summed E-state index contributed by atoms with van der Waals surface area (Å²) in [6.07, 6.45) is 3.60. The lowest BCUT2D eigenvalue weighted by molar-refractivity contribution is -0.123. The van der Waals surface area contributed by atoms with Crippen molar-refractivity contribution in [3.05, 3.63) is 21.4 Å². The van der Waals surface area contributed by atoms with Gasteiger partial charge in [-0.25, -0.2) is 4.79 Å². The maximum absolute atomic E-state index is 12.9. The zero-order valence-corrected chi connectivity index (χ0v) is 13.8. The van der Waals surface area contributed by atoms with Crippen molar-refractivity contribution >= 4 is 29.2 Å². The highest BCUT2D eigenvalue weighted by molar-refractivity contribution is 7.10. The van der Waals surface area contributed by atoms with Gasteiger partial charge in [0.15, 0.2) is 0 Å². The predicted molar refractivity (Wildman–Crippen MR) is 85.4 cm³/mol. The first kappa shape index (κ1) is 14.7. The zero-order valence-electron chi connectivity index (χ0n) is 13.0. The molecule has 2 aliphatic heterocycles. The number of amides is 4. The molecule has 1 spiro atoms. The molecule has 23 heavy (non-hydrogen) atoms. The molecule has 2 fully saturated rings. The number of likely N-dealkylation sites (tertiary alicyclic amines) is 1. The fourth-order valence-corrected chi connectivity index (χ4v) is 5.06. The fourth-order valence-electron chi connectivity index (χ4n) is 3.83. The molecular formula is C16H19N3O3S. The highest BCUT2D eigenvalue weighted by atomic mass is 32.1. The van der Waals surface area contributed by atoms with Crippen LogP contribution in [0.25, 0.3) is 0 Å². The monoisotopic (exact) mass is 333 g/mol. The lowest BCUT2D eigenvalue weighted by Gasteiger charge is -2.22. The van der Waals surface area contributed by atoms with Crippen molar-refractivity contribution in [1.29, 1.82) is 0 Å². The van der Waals surface area contributed by atoms with E-state index >= 15 is 0 Å². The van der Waals surface area contributed by atoms with Crippen LogP contribution in [0.2, 0.25) is 0 Å². The molecule has 4 amide bonds. The van der Waals surface area contributed by atoms with E-state index in [1.165, 1.54) is 10.4 Å². The fraction of sp³-hybridized carbons (Fsp3) is 0.562. The normalized spacial score (nSPS) is 29.6. The molecule has 0 saturated carbocycles. The van der Waals surface area contributed by atoms with Gasteiger partial charge in [-0.15, -0.1) is 11.3 Å². The Morgan fingerprint density at radius 1 is 1.43 bits per heavy atom. The van der Waals surface area contributed by atoms with Crippen molar-refractivity contribution in [3.8, 4) is 0 Å². The second kappa shape index (κ2) is 5.06. The number of nitrogens with one attached hydrogen (secondary N) is 2. The number of thiophene rings is 1. The van der Waals surface area contributed by atoms with Gasteiger partial charge >= 0.3 is 6.03 Å².